The molecular weight excluding hydrogens is 176 g/mol. The summed E-state index contributed by atoms with van der Waals surface area (Å²) in [6.07, 6.45) is -0.787. The second-order valence-electron chi connectivity index (χ2n) is 2.94. The van der Waals surface area contributed by atoms with E-state index in [0.29, 0.717) is 5.56 Å². The van der Waals surface area contributed by atoms with E-state index in [1.807, 2.05) is 0 Å². The molecule has 1 rings (SSSR count). The van der Waals surface area contributed by atoms with Gasteiger partial charge in [-0.25, -0.2) is 8.78 Å². The van der Waals surface area contributed by atoms with E-state index < -0.39 is 23.8 Å². The first kappa shape index (κ1) is 10.1. The fourth-order valence-electron chi connectivity index (χ4n) is 0.998. The van der Waals surface area contributed by atoms with E-state index in [1.54, 1.807) is 0 Å². The number of nitrogens with two attached hydrogens (primary N) is 1. The molecule has 1 aromatic rings. The van der Waals surface area contributed by atoms with Crippen molar-refractivity contribution < 1.29 is 13.9 Å². The van der Waals surface area contributed by atoms with Crippen molar-refractivity contribution in [2.24, 2.45) is 5.73 Å². The van der Waals surface area contributed by atoms with Crippen LogP contribution in [-0.2, 0) is 0 Å². The first-order chi connectivity index (χ1) is 6.02. The van der Waals surface area contributed by atoms with Crippen molar-refractivity contribution in [2.75, 3.05) is 0 Å². The minimum absolute atomic E-state index is 0.383. The van der Waals surface area contributed by atoms with Crippen LogP contribution in [0.15, 0.2) is 18.2 Å². The van der Waals surface area contributed by atoms with Gasteiger partial charge in [0.1, 0.15) is 0 Å². The van der Waals surface area contributed by atoms with Crippen LogP contribution in [0.2, 0.25) is 0 Å². The Kier molecular flexibility index (Phi) is 2.95. The zero-order valence-corrected chi connectivity index (χ0v) is 7.17. The highest BCUT2D eigenvalue weighted by Crippen LogP contribution is 2.16. The summed E-state index contributed by atoms with van der Waals surface area (Å²) < 4.78 is 25.2. The molecule has 0 aliphatic heterocycles. The monoisotopic (exact) mass is 187 g/mol. The lowest BCUT2D eigenvalue weighted by molar-refractivity contribution is 0.164. The summed E-state index contributed by atoms with van der Waals surface area (Å²) in [4.78, 5) is 0. The summed E-state index contributed by atoms with van der Waals surface area (Å²) in [5.41, 5.74) is 5.90. The molecule has 3 N–H and O–H groups in total. The molecular formula is C9H11F2NO. The molecule has 72 valence electrons. The highest BCUT2D eigenvalue weighted by Gasteiger charge is 2.13. The zero-order valence-electron chi connectivity index (χ0n) is 7.17. The van der Waals surface area contributed by atoms with Gasteiger partial charge < -0.3 is 10.8 Å². The molecule has 1 aromatic carbocycles. The lowest BCUT2D eigenvalue weighted by Crippen LogP contribution is -2.23. The molecule has 13 heavy (non-hydrogen) atoms. The van der Waals surface area contributed by atoms with Crippen molar-refractivity contribution >= 4 is 0 Å². The van der Waals surface area contributed by atoms with Crippen LogP contribution in [0.4, 0.5) is 8.78 Å². The molecule has 0 radical (unpaired) electrons. The maximum Gasteiger partial charge on any atom is 0.159 e. The molecule has 0 spiro atoms. The van der Waals surface area contributed by atoms with Crippen molar-refractivity contribution in [2.45, 2.75) is 19.1 Å². The van der Waals surface area contributed by atoms with E-state index >= 15 is 0 Å². The molecule has 0 aliphatic rings. The van der Waals surface area contributed by atoms with Crippen LogP contribution >= 0.6 is 0 Å². The average molecular weight is 187 g/mol. The van der Waals surface area contributed by atoms with Crippen LogP contribution in [0.25, 0.3) is 0 Å². The van der Waals surface area contributed by atoms with Crippen LogP contribution < -0.4 is 5.73 Å². The fourth-order valence-corrected chi connectivity index (χ4v) is 0.998. The average Bonchev–Trinajstić information content (AvgIpc) is 2.08. The first-order valence-electron chi connectivity index (χ1n) is 3.91. The smallest absolute Gasteiger partial charge is 0.159 e. The second kappa shape index (κ2) is 3.81. The molecule has 2 nitrogen and oxygen atoms in total. The number of rotatable bonds is 2. The van der Waals surface area contributed by atoms with Gasteiger partial charge in [0, 0.05) is 0 Å². The predicted molar refractivity (Wildman–Crippen MR) is 45.0 cm³/mol. The van der Waals surface area contributed by atoms with Crippen LogP contribution in [-0.4, -0.2) is 11.2 Å². The zero-order chi connectivity index (χ0) is 10.0. The highest BCUT2D eigenvalue weighted by atomic mass is 19.2. The topological polar surface area (TPSA) is 46.2 Å². The third kappa shape index (κ3) is 2.23. The van der Waals surface area contributed by atoms with E-state index in [0.717, 1.165) is 12.1 Å². The lowest BCUT2D eigenvalue weighted by Gasteiger charge is -2.14. The first-order valence-corrected chi connectivity index (χ1v) is 3.91. The maximum absolute atomic E-state index is 12.7. The minimum Gasteiger partial charge on any atom is -0.391 e. The van der Waals surface area contributed by atoms with E-state index in [2.05, 4.69) is 0 Å². The van der Waals surface area contributed by atoms with Crippen LogP contribution in [0.5, 0.6) is 0 Å². The molecule has 0 aromatic heterocycles. The molecule has 4 heteroatoms. The van der Waals surface area contributed by atoms with Gasteiger partial charge in [-0.15, -0.1) is 0 Å². The fraction of sp³-hybridized carbons (Fsp3) is 0.333. The summed E-state index contributed by atoms with van der Waals surface area (Å²) in [6, 6.07) is 2.66. The molecule has 0 amide bonds. The molecule has 0 bridgehead atoms. The SMILES string of the molecule is C[C@H](O)C(N)c1ccc(F)c(F)c1. The molecule has 0 saturated heterocycles. The summed E-state index contributed by atoms with van der Waals surface area (Å²) >= 11 is 0. The largest absolute Gasteiger partial charge is 0.391 e. The van der Waals surface area contributed by atoms with E-state index in [1.165, 1.54) is 13.0 Å². The Morgan fingerprint density at radius 2 is 1.92 bits per heavy atom. The Balaban J connectivity index is 2.97. The Bertz CT molecular complexity index is 302. The summed E-state index contributed by atoms with van der Waals surface area (Å²) in [6.45, 7) is 1.49. The third-order valence-electron chi connectivity index (χ3n) is 1.85. The summed E-state index contributed by atoms with van der Waals surface area (Å²) in [5.74, 6) is -1.87. The van der Waals surface area contributed by atoms with Gasteiger partial charge in [0.25, 0.3) is 0 Å². The van der Waals surface area contributed by atoms with Gasteiger partial charge in [-0.2, -0.15) is 0 Å². The Morgan fingerprint density at radius 1 is 1.31 bits per heavy atom. The normalized spacial score (nSPS) is 15.5. The van der Waals surface area contributed by atoms with Gasteiger partial charge in [-0.1, -0.05) is 6.07 Å². The summed E-state index contributed by atoms with van der Waals surface area (Å²) in [7, 11) is 0. The predicted octanol–water partition coefficient (Wildman–Crippen LogP) is 1.35. The number of hydrogen-bond acceptors (Lipinski definition) is 2. The number of hydrogen-bond donors (Lipinski definition) is 2. The van der Waals surface area contributed by atoms with Crippen molar-refractivity contribution in [3.05, 3.63) is 35.4 Å². The van der Waals surface area contributed by atoms with E-state index in [-0.39, 0.29) is 0 Å². The standard InChI is InChI=1S/C9H11F2NO/c1-5(13)9(12)6-2-3-7(10)8(11)4-6/h2-5,9,13H,12H2,1H3/t5-,9?/m0/s1. The van der Waals surface area contributed by atoms with Gasteiger partial charge in [0.15, 0.2) is 11.6 Å². The number of halogens is 2. The minimum atomic E-state index is -0.950. The Hall–Kier alpha value is -1.00. The van der Waals surface area contributed by atoms with Crippen LogP contribution in [0, 0.1) is 11.6 Å². The van der Waals surface area contributed by atoms with Crippen molar-refractivity contribution in [3.63, 3.8) is 0 Å². The molecule has 1 unspecified atom stereocenters. The molecule has 0 saturated carbocycles. The molecule has 0 aliphatic carbocycles. The molecule has 2 atom stereocenters. The van der Waals surface area contributed by atoms with Crippen molar-refractivity contribution in [3.8, 4) is 0 Å². The van der Waals surface area contributed by atoms with Gasteiger partial charge in [-0.05, 0) is 24.6 Å². The van der Waals surface area contributed by atoms with Gasteiger partial charge >= 0.3 is 0 Å². The van der Waals surface area contributed by atoms with Crippen molar-refractivity contribution in [1.82, 2.24) is 0 Å². The Morgan fingerprint density at radius 3 is 2.38 bits per heavy atom. The number of aliphatic hydroxyl groups is 1. The van der Waals surface area contributed by atoms with Gasteiger partial charge in [0.2, 0.25) is 0 Å². The number of benzene rings is 1. The highest BCUT2D eigenvalue weighted by molar-refractivity contribution is 5.21. The Labute approximate surface area is 75.0 Å². The van der Waals surface area contributed by atoms with E-state index in [9.17, 15) is 8.78 Å². The molecule has 0 heterocycles. The van der Waals surface area contributed by atoms with Gasteiger partial charge in [-0.3, -0.25) is 0 Å². The van der Waals surface area contributed by atoms with Gasteiger partial charge in [0.05, 0.1) is 12.1 Å². The quantitative estimate of drug-likeness (QED) is 0.734. The molecule has 0 fully saturated rings. The van der Waals surface area contributed by atoms with Crippen LogP contribution in [0.1, 0.15) is 18.5 Å². The van der Waals surface area contributed by atoms with Crippen molar-refractivity contribution in [1.29, 1.82) is 0 Å². The lowest BCUT2D eigenvalue weighted by atomic mass is 10.0. The number of aliphatic hydroxyl groups excluding tert-OH is 1. The van der Waals surface area contributed by atoms with E-state index in [4.69, 9.17) is 10.8 Å². The third-order valence-corrected chi connectivity index (χ3v) is 1.85. The van der Waals surface area contributed by atoms with Crippen LogP contribution in [0.3, 0.4) is 0 Å². The summed E-state index contributed by atoms with van der Waals surface area (Å²) in [5, 5.41) is 9.09. The second-order valence-corrected chi connectivity index (χ2v) is 2.94. The maximum atomic E-state index is 12.7.